The van der Waals surface area contributed by atoms with E-state index in [2.05, 4.69) is 5.32 Å². The molecule has 0 aliphatic carbocycles. The molecule has 0 bridgehead atoms. The molecule has 0 saturated carbocycles. The molecule has 3 rings (SSSR count). The SMILES string of the molecule is N=C(SC(=N)c1ccc2c(c1)CC(=O)N2)c1ccccc1. The zero-order valence-corrected chi connectivity index (χ0v) is 12.0. The molecule has 1 aliphatic heterocycles. The molecule has 0 radical (unpaired) electrons. The number of fused-ring (bicyclic) bond motifs is 1. The third-order valence-electron chi connectivity index (χ3n) is 3.23. The van der Waals surface area contributed by atoms with Gasteiger partial charge in [-0.3, -0.25) is 15.6 Å². The van der Waals surface area contributed by atoms with Crippen LogP contribution in [0.15, 0.2) is 48.5 Å². The molecule has 0 spiro atoms. The minimum atomic E-state index is -0.0154. The molecular formula is C16H13N3OS. The minimum absolute atomic E-state index is 0.0154. The van der Waals surface area contributed by atoms with E-state index in [4.69, 9.17) is 10.8 Å². The molecule has 0 fully saturated rings. The average Bonchev–Trinajstić information content (AvgIpc) is 2.87. The second-order valence-corrected chi connectivity index (χ2v) is 5.74. The van der Waals surface area contributed by atoms with Crippen LogP contribution in [0, 0.1) is 10.8 Å². The minimum Gasteiger partial charge on any atom is -0.326 e. The van der Waals surface area contributed by atoms with Gasteiger partial charge < -0.3 is 5.32 Å². The lowest BCUT2D eigenvalue weighted by Gasteiger charge is -2.07. The van der Waals surface area contributed by atoms with E-state index in [0.29, 0.717) is 16.5 Å². The lowest BCUT2D eigenvalue weighted by atomic mass is 10.1. The van der Waals surface area contributed by atoms with E-state index in [0.717, 1.165) is 34.1 Å². The number of nitrogens with one attached hydrogen (secondary N) is 3. The van der Waals surface area contributed by atoms with Crippen molar-refractivity contribution in [2.75, 3.05) is 5.32 Å². The molecule has 4 nitrogen and oxygen atoms in total. The van der Waals surface area contributed by atoms with Crippen LogP contribution in [0.3, 0.4) is 0 Å². The first-order valence-electron chi connectivity index (χ1n) is 6.47. The van der Waals surface area contributed by atoms with Crippen molar-refractivity contribution in [3.63, 3.8) is 0 Å². The molecule has 1 aliphatic rings. The Labute approximate surface area is 126 Å². The number of carbonyl (C=O) groups is 1. The van der Waals surface area contributed by atoms with Crippen molar-refractivity contribution < 1.29 is 4.79 Å². The number of hydrogen-bond donors (Lipinski definition) is 3. The summed E-state index contributed by atoms with van der Waals surface area (Å²) in [4.78, 5) is 11.3. The van der Waals surface area contributed by atoms with E-state index in [1.54, 1.807) is 6.07 Å². The van der Waals surface area contributed by atoms with Crippen molar-refractivity contribution in [1.82, 2.24) is 0 Å². The maximum absolute atomic E-state index is 11.3. The van der Waals surface area contributed by atoms with Crippen molar-refractivity contribution in [3.8, 4) is 0 Å². The Kier molecular flexibility index (Phi) is 3.58. The fourth-order valence-electron chi connectivity index (χ4n) is 2.18. The van der Waals surface area contributed by atoms with Crippen LogP contribution < -0.4 is 5.32 Å². The van der Waals surface area contributed by atoms with Crippen LogP contribution in [0.4, 0.5) is 5.69 Å². The maximum atomic E-state index is 11.3. The first-order chi connectivity index (χ1) is 10.1. The molecule has 0 saturated heterocycles. The van der Waals surface area contributed by atoms with Crippen molar-refractivity contribution in [2.24, 2.45) is 0 Å². The Morgan fingerprint density at radius 2 is 1.71 bits per heavy atom. The highest BCUT2D eigenvalue weighted by Crippen LogP contribution is 2.26. The first kappa shape index (κ1) is 13.6. The van der Waals surface area contributed by atoms with Gasteiger partial charge in [-0.15, -0.1) is 0 Å². The van der Waals surface area contributed by atoms with Gasteiger partial charge >= 0.3 is 0 Å². The summed E-state index contributed by atoms with van der Waals surface area (Å²) in [6.45, 7) is 0. The number of hydrogen-bond acceptors (Lipinski definition) is 4. The summed E-state index contributed by atoms with van der Waals surface area (Å²) in [5.74, 6) is -0.0154. The maximum Gasteiger partial charge on any atom is 0.228 e. The van der Waals surface area contributed by atoms with Crippen LogP contribution >= 0.6 is 11.8 Å². The Morgan fingerprint density at radius 3 is 2.48 bits per heavy atom. The van der Waals surface area contributed by atoms with E-state index < -0.39 is 0 Å². The van der Waals surface area contributed by atoms with E-state index in [1.165, 1.54) is 0 Å². The van der Waals surface area contributed by atoms with Crippen LogP contribution in [0.25, 0.3) is 0 Å². The number of benzene rings is 2. The van der Waals surface area contributed by atoms with Crippen LogP contribution in [0.5, 0.6) is 0 Å². The van der Waals surface area contributed by atoms with Gasteiger partial charge in [0.2, 0.25) is 5.91 Å². The summed E-state index contributed by atoms with van der Waals surface area (Å²) < 4.78 is 0. The highest BCUT2D eigenvalue weighted by Gasteiger charge is 2.18. The smallest absolute Gasteiger partial charge is 0.228 e. The van der Waals surface area contributed by atoms with E-state index >= 15 is 0 Å². The van der Waals surface area contributed by atoms with Gasteiger partial charge in [-0.05, 0) is 17.7 Å². The number of anilines is 1. The van der Waals surface area contributed by atoms with Crippen LogP contribution in [0.1, 0.15) is 16.7 Å². The molecule has 104 valence electrons. The zero-order valence-electron chi connectivity index (χ0n) is 11.1. The Hall–Kier alpha value is -2.40. The van der Waals surface area contributed by atoms with E-state index in [-0.39, 0.29) is 5.91 Å². The predicted octanol–water partition coefficient (Wildman–Crippen LogP) is 3.27. The molecule has 3 N–H and O–H groups in total. The standard InChI is InChI=1S/C16H13N3OS/c17-15(10-4-2-1-3-5-10)21-16(18)11-6-7-13-12(8-11)9-14(20)19-13/h1-8,17-18H,9H2,(H,19,20). The van der Waals surface area contributed by atoms with Crippen molar-refractivity contribution >= 4 is 33.4 Å². The molecule has 1 amide bonds. The van der Waals surface area contributed by atoms with Crippen LogP contribution in [0.2, 0.25) is 0 Å². The second kappa shape index (κ2) is 5.54. The fourth-order valence-corrected chi connectivity index (χ4v) is 2.88. The predicted molar refractivity (Wildman–Crippen MR) is 86.5 cm³/mol. The summed E-state index contributed by atoms with van der Waals surface area (Å²) in [5.41, 5.74) is 3.26. The van der Waals surface area contributed by atoms with Crippen molar-refractivity contribution in [2.45, 2.75) is 6.42 Å². The molecular weight excluding hydrogens is 282 g/mol. The van der Waals surface area contributed by atoms with E-state index in [1.807, 2.05) is 42.5 Å². The Balaban J connectivity index is 1.76. The third-order valence-corrected chi connectivity index (χ3v) is 4.11. The lowest BCUT2D eigenvalue weighted by molar-refractivity contribution is -0.115. The topological polar surface area (TPSA) is 76.8 Å². The molecule has 2 aromatic carbocycles. The normalized spacial score (nSPS) is 12.7. The zero-order chi connectivity index (χ0) is 14.8. The lowest BCUT2D eigenvalue weighted by Crippen LogP contribution is -2.03. The van der Waals surface area contributed by atoms with Crippen molar-refractivity contribution in [3.05, 3.63) is 65.2 Å². The third kappa shape index (κ3) is 2.87. The number of thioether (sulfide) groups is 1. The quantitative estimate of drug-likeness (QED) is 0.587. The van der Waals surface area contributed by atoms with Gasteiger partial charge in [-0.25, -0.2) is 0 Å². The van der Waals surface area contributed by atoms with Gasteiger partial charge in [0.15, 0.2) is 0 Å². The van der Waals surface area contributed by atoms with E-state index in [9.17, 15) is 4.79 Å². The van der Waals surface area contributed by atoms with Gasteiger partial charge in [-0.1, -0.05) is 48.2 Å². The number of rotatable bonds is 2. The summed E-state index contributed by atoms with van der Waals surface area (Å²) >= 11 is 1.11. The van der Waals surface area contributed by atoms with Gasteiger partial charge in [0.05, 0.1) is 6.42 Å². The Morgan fingerprint density at radius 1 is 1.00 bits per heavy atom. The summed E-state index contributed by atoms with van der Waals surface area (Å²) in [6, 6.07) is 14.8. The molecule has 0 unspecified atom stereocenters. The highest BCUT2D eigenvalue weighted by molar-refractivity contribution is 8.27. The van der Waals surface area contributed by atoms with Crippen molar-refractivity contribution in [1.29, 1.82) is 10.8 Å². The molecule has 21 heavy (non-hydrogen) atoms. The first-order valence-corrected chi connectivity index (χ1v) is 7.28. The monoisotopic (exact) mass is 295 g/mol. The second-order valence-electron chi connectivity index (χ2n) is 4.72. The number of amides is 1. The van der Waals surface area contributed by atoms with Gasteiger partial charge in [0.1, 0.15) is 10.1 Å². The highest BCUT2D eigenvalue weighted by atomic mass is 32.2. The summed E-state index contributed by atoms with van der Waals surface area (Å²) in [5, 5.41) is 19.6. The molecule has 0 atom stereocenters. The molecule has 2 aromatic rings. The van der Waals surface area contributed by atoms with Gasteiger partial charge in [0.25, 0.3) is 0 Å². The van der Waals surface area contributed by atoms with Crippen LogP contribution in [-0.2, 0) is 11.2 Å². The van der Waals surface area contributed by atoms with Gasteiger partial charge in [0, 0.05) is 16.8 Å². The fraction of sp³-hybridized carbons (Fsp3) is 0.0625. The summed E-state index contributed by atoms with van der Waals surface area (Å²) in [6.07, 6.45) is 0.358. The van der Waals surface area contributed by atoms with Crippen LogP contribution in [-0.4, -0.2) is 16.0 Å². The number of carbonyl (C=O) groups excluding carboxylic acids is 1. The average molecular weight is 295 g/mol. The molecule has 0 aromatic heterocycles. The Bertz CT molecular complexity index is 740. The molecule has 1 heterocycles. The molecule has 5 heteroatoms. The largest absolute Gasteiger partial charge is 0.326 e. The van der Waals surface area contributed by atoms with Gasteiger partial charge in [-0.2, -0.15) is 0 Å². The summed E-state index contributed by atoms with van der Waals surface area (Å²) in [7, 11) is 0.